The molecule has 0 aromatic carbocycles. The van der Waals surface area contributed by atoms with E-state index in [0.29, 0.717) is 0 Å². The Balaban J connectivity index is 2.10. The molecule has 0 radical (unpaired) electrons. The quantitative estimate of drug-likeness (QED) is 0.747. The lowest BCUT2D eigenvalue weighted by Crippen LogP contribution is -2.54. The summed E-state index contributed by atoms with van der Waals surface area (Å²) in [7, 11) is 0. The van der Waals surface area contributed by atoms with Crippen LogP contribution in [0.15, 0.2) is 0 Å². The van der Waals surface area contributed by atoms with Gasteiger partial charge in [-0.25, -0.2) is 0 Å². The van der Waals surface area contributed by atoms with Crippen molar-refractivity contribution in [2.45, 2.75) is 63.0 Å². The van der Waals surface area contributed by atoms with E-state index >= 15 is 0 Å². The highest BCUT2D eigenvalue weighted by Gasteiger charge is 2.49. The molecule has 2 aliphatic heterocycles. The molecule has 2 rings (SSSR count). The van der Waals surface area contributed by atoms with Gasteiger partial charge in [0, 0.05) is 24.3 Å². The molecular formula is C12H23NOS. The average Bonchev–Trinajstić information content (AvgIpc) is 2.42. The Bertz CT molecular complexity index is 256. The predicted octanol–water partition coefficient (Wildman–Crippen LogP) is 2.78. The van der Waals surface area contributed by atoms with Crippen LogP contribution >= 0.6 is 11.8 Å². The van der Waals surface area contributed by atoms with E-state index in [4.69, 9.17) is 4.74 Å². The molecule has 0 amide bonds. The van der Waals surface area contributed by atoms with Gasteiger partial charge in [0.25, 0.3) is 0 Å². The molecule has 2 unspecified atom stereocenters. The molecule has 2 atom stereocenters. The predicted molar refractivity (Wildman–Crippen MR) is 66.3 cm³/mol. The summed E-state index contributed by atoms with van der Waals surface area (Å²) in [5.41, 5.74) is 0.370. The molecule has 0 bridgehead atoms. The molecule has 0 saturated carbocycles. The largest absolute Gasteiger partial charge is 0.375 e. The van der Waals surface area contributed by atoms with Gasteiger partial charge >= 0.3 is 0 Å². The summed E-state index contributed by atoms with van der Waals surface area (Å²) in [5.74, 6) is 1.22. The lowest BCUT2D eigenvalue weighted by molar-refractivity contribution is -0.0849. The van der Waals surface area contributed by atoms with Crippen molar-refractivity contribution >= 4 is 11.8 Å². The second kappa shape index (κ2) is 3.64. The van der Waals surface area contributed by atoms with Gasteiger partial charge in [0.15, 0.2) is 0 Å². The van der Waals surface area contributed by atoms with Gasteiger partial charge in [-0.3, -0.25) is 5.32 Å². The molecule has 1 spiro atoms. The lowest BCUT2D eigenvalue weighted by atomic mass is 9.88. The maximum atomic E-state index is 5.92. The van der Waals surface area contributed by atoms with Gasteiger partial charge in [-0.05, 0) is 33.6 Å². The van der Waals surface area contributed by atoms with Gasteiger partial charge in [-0.15, -0.1) is 11.8 Å². The first-order chi connectivity index (χ1) is 6.89. The fraction of sp³-hybridized carbons (Fsp3) is 1.00. The molecule has 0 aromatic heterocycles. The van der Waals surface area contributed by atoms with Crippen molar-refractivity contribution in [2.24, 2.45) is 0 Å². The molecule has 88 valence electrons. The monoisotopic (exact) mass is 229 g/mol. The van der Waals surface area contributed by atoms with E-state index in [1.54, 1.807) is 0 Å². The van der Waals surface area contributed by atoms with Crippen LogP contribution in [-0.4, -0.2) is 28.4 Å². The van der Waals surface area contributed by atoms with E-state index < -0.39 is 0 Å². The standard InChI is InChI=1S/C12H23NOS/c1-5-11(4)8-12(6-7-14-11)13-10(2,3)9-15-12/h13H,5-9H2,1-4H3. The number of ether oxygens (including phenoxy) is 1. The molecule has 2 fully saturated rings. The zero-order chi connectivity index (χ0) is 11.2. The minimum absolute atomic E-state index is 0.0820. The van der Waals surface area contributed by atoms with Gasteiger partial charge in [0.2, 0.25) is 0 Å². The third-order valence-electron chi connectivity index (χ3n) is 3.64. The van der Waals surface area contributed by atoms with Crippen molar-refractivity contribution in [3.8, 4) is 0 Å². The number of hydrogen-bond acceptors (Lipinski definition) is 3. The van der Waals surface area contributed by atoms with Crippen molar-refractivity contribution in [2.75, 3.05) is 12.4 Å². The molecule has 2 nitrogen and oxygen atoms in total. The van der Waals surface area contributed by atoms with Crippen LogP contribution in [0.3, 0.4) is 0 Å². The fourth-order valence-electron chi connectivity index (χ4n) is 2.67. The first-order valence-corrected chi connectivity index (χ1v) is 6.95. The number of hydrogen-bond donors (Lipinski definition) is 1. The summed E-state index contributed by atoms with van der Waals surface area (Å²) in [6.07, 6.45) is 3.40. The second-order valence-corrected chi connectivity index (χ2v) is 7.23. The molecular weight excluding hydrogens is 206 g/mol. The Morgan fingerprint density at radius 1 is 1.33 bits per heavy atom. The Hall–Kier alpha value is 0.270. The summed E-state index contributed by atoms with van der Waals surface area (Å²) in [6, 6.07) is 0. The summed E-state index contributed by atoms with van der Waals surface area (Å²) in [5, 5.41) is 3.82. The third-order valence-corrected chi connectivity index (χ3v) is 5.51. The van der Waals surface area contributed by atoms with Crippen molar-refractivity contribution in [1.29, 1.82) is 0 Å². The van der Waals surface area contributed by atoms with Crippen molar-refractivity contribution < 1.29 is 4.74 Å². The van der Waals surface area contributed by atoms with Crippen molar-refractivity contribution in [3.63, 3.8) is 0 Å². The third kappa shape index (κ3) is 2.34. The maximum Gasteiger partial charge on any atom is 0.0699 e. The van der Waals surface area contributed by atoms with Crippen LogP contribution in [0.2, 0.25) is 0 Å². The molecule has 1 N–H and O–H groups in total. The number of rotatable bonds is 1. The normalized spacial score (nSPS) is 44.8. The summed E-state index contributed by atoms with van der Waals surface area (Å²) < 4.78 is 5.92. The maximum absolute atomic E-state index is 5.92. The van der Waals surface area contributed by atoms with Crippen LogP contribution in [0, 0.1) is 0 Å². The Morgan fingerprint density at radius 2 is 2.07 bits per heavy atom. The Morgan fingerprint density at radius 3 is 2.60 bits per heavy atom. The summed E-state index contributed by atoms with van der Waals surface area (Å²) in [6.45, 7) is 9.98. The van der Waals surface area contributed by atoms with E-state index in [9.17, 15) is 0 Å². The molecule has 0 aliphatic carbocycles. The second-order valence-electron chi connectivity index (χ2n) is 5.87. The molecule has 2 saturated heterocycles. The molecule has 2 aliphatic rings. The van der Waals surface area contributed by atoms with Crippen LogP contribution in [0.5, 0.6) is 0 Å². The molecule has 15 heavy (non-hydrogen) atoms. The lowest BCUT2D eigenvalue weighted by Gasteiger charge is -2.44. The fourth-order valence-corrected chi connectivity index (χ4v) is 4.36. The van der Waals surface area contributed by atoms with E-state index in [0.717, 1.165) is 25.9 Å². The van der Waals surface area contributed by atoms with Gasteiger partial charge < -0.3 is 4.74 Å². The minimum Gasteiger partial charge on any atom is -0.375 e. The smallest absolute Gasteiger partial charge is 0.0699 e. The molecule has 3 heteroatoms. The summed E-state index contributed by atoms with van der Waals surface area (Å²) >= 11 is 2.10. The van der Waals surface area contributed by atoms with E-state index in [-0.39, 0.29) is 16.0 Å². The molecule has 2 heterocycles. The highest BCUT2D eigenvalue weighted by atomic mass is 32.2. The highest BCUT2D eigenvalue weighted by Crippen LogP contribution is 2.47. The van der Waals surface area contributed by atoms with Gasteiger partial charge in [-0.1, -0.05) is 6.92 Å². The number of nitrogens with one attached hydrogen (secondary N) is 1. The Kier molecular flexibility index (Phi) is 2.85. The van der Waals surface area contributed by atoms with Crippen LogP contribution in [0.25, 0.3) is 0 Å². The van der Waals surface area contributed by atoms with Crippen LogP contribution < -0.4 is 5.32 Å². The zero-order valence-electron chi connectivity index (χ0n) is 10.4. The first kappa shape index (κ1) is 11.7. The first-order valence-electron chi connectivity index (χ1n) is 5.96. The minimum atomic E-state index is 0.0820. The van der Waals surface area contributed by atoms with Crippen LogP contribution in [-0.2, 0) is 4.74 Å². The van der Waals surface area contributed by atoms with Gasteiger partial charge in [0.1, 0.15) is 0 Å². The van der Waals surface area contributed by atoms with E-state index in [1.807, 2.05) is 0 Å². The highest BCUT2D eigenvalue weighted by molar-refractivity contribution is 8.01. The average molecular weight is 229 g/mol. The van der Waals surface area contributed by atoms with E-state index in [2.05, 4.69) is 44.8 Å². The van der Waals surface area contributed by atoms with Crippen molar-refractivity contribution in [3.05, 3.63) is 0 Å². The number of thioether (sulfide) groups is 1. The van der Waals surface area contributed by atoms with Gasteiger partial charge in [0.05, 0.1) is 10.5 Å². The van der Waals surface area contributed by atoms with Crippen molar-refractivity contribution in [1.82, 2.24) is 5.32 Å². The summed E-state index contributed by atoms with van der Waals surface area (Å²) in [4.78, 5) is 0.284. The molecule has 0 aromatic rings. The van der Waals surface area contributed by atoms with Crippen LogP contribution in [0.1, 0.15) is 47.0 Å². The van der Waals surface area contributed by atoms with Gasteiger partial charge in [-0.2, -0.15) is 0 Å². The zero-order valence-corrected chi connectivity index (χ0v) is 11.2. The van der Waals surface area contributed by atoms with E-state index in [1.165, 1.54) is 5.75 Å². The Labute approximate surface area is 97.5 Å². The van der Waals surface area contributed by atoms with Crippen LogP contribution in [0.4, 0.5) is 0 Å². The topological polar surface area (TPSA) is 21.3 Å². The SMILES string of the molecule is CCC1(C)CC2(CCO1)NC(C)(C)CS2.